The van der Waals surface area contributed by atoms with Gasteiger partial charge in [0.25, 0.3) is 0 Å². The van der Waals surface area contributed by atoms with Crippen LogP contribution < -0.4 is 0 Å². The van der Waals surface area contributed by atoms with Crippen molar-refractivity contribution in [2.75, 3.05) is 19.6 Å². The SMILES string of the molecule is C1C2CC3CC1CN(C2)C3.[HH]. The van der Waals surface area contributed by atoms with Gasteiger partial charge in [-0.25, -0.2) is 0 Å². The highest BCUT2D eigenvalue weighted by molar-refractivity contribution is 4.93. The van der Waals surface area contributed by atoms with Gasteiger partial charge < -0.3 is 4.90 Å². The second-order valence-corrected chi connectivity index (χ2v) is 4.52. The lowest BCUT2D eigenvalue weighted by atomic mass is 9.68. The first-order chi connectivity index (χ1) is 4.90. The zero-order chi connectivity index (χ0) is 6.55. The van der Waals surface area contributed by atoms with Gasteiger partial charge in [-0.2, -0.15) is 0 Å². The standard InChI is InChI=1S/C9H15N.H2/c1-7-2-9-3-8(1)5-10(4-7)6-9;/h7-9H,1-6H2;1H. The Hall–Kier alpha value is -0.0400. The van der Waals surface area contributed by atoms with E-state index in [4.69, 9.17) is 0 Å². The Labute approximate surface area is 63.9 Å². The van der Waals surface area contributed by atoms with E-state index in [1.807, 2.05) is 0 Å². The minimum Gasteiger partial charge on any atom is -0.303 e. The molecule has 4 rings (SSSR count). The fraction of sp³-hybridized carbons (Fsp3) is 1.00. The fourth-order valence-corrected chi connectivity index (χ4v) is 3.47. The molecule has 1 heteroatoms. The Morgan fingerprint density at radius 3 is 1.50 bits per heavy atom. The van der Waals surface area contributed by atoms with Gasteiger partial charge in [-0.15, -0.1) is 0 Å². The lowest BCUT2D eigenvalue weighted by Gasteiger charge is -2.51. The average Bonchev–Trinajstić information content (AvgIpc) is 1.82. The van der Waals surface area contributed by atoms with Crippen LogP contribution in [0.5, 0.6) is 0 Å². The first kappa shape index (κ1) is 5.59. The van der Waals surface area contributed by atoms with Crippen molar-refractivity contribution in [2.45, 2.75) is 19.3 Å². The van der Waals surface area contributed by atoms with Gasteiger partial charge in [-0.3, -0.25) is 0 Å². The molecule has 1 aliphatic carbocycles. The summed E-state index contributed by atoms with van der Waals surface area (Å²) in [6.45, 7) is 4.31. The molecule has 0 aromatic carbocycles. The summed E-state index contributed by atoms with van der Waals surface area (Å²) in [5.41, 5.74) is 0. The molecule has 3 saturated heterocycles. The molecule has 3 heterocycles. The third kappa shape index (κ3) is 0.672. The molecule has 0 amide bonds. The maximum atomic E-state index is 2.69. The van der Waals surface area contributed by atoms with E-state index in [0.717, 1.165) is 17.8 Å². The Morgan fingerprint density at radius 2 is 1.20 bits per heavy atom. The molecule has 0 spiro atoms. The van der Waals surface area contributed by atoms with Gasteiger partial charge in [0.15, 0.2) is 0 Å². The minimum atomic E-state index is 0. The first-order valence-corrected chi connectivity index (χ1v) is 4.62. The lowest BCUT2D eigenvalue weighted by Crippen LogP contribution is -2.53. The predicted molar refractivity (Wildman–Crippen MR) is 42.9 cm³/mol. The van der Waals surface area contributed by atoms with Crippen molar-refractivity contribution in [3.63, 3.8) is 0 Å². The highest BCUT2D eigenvalue weighted by Gasteiger charge is 2.40. The van der Waals surface area contributed by atoms with E-state index in [1.54, 1.807) is 19.3 Å². The molecule has 4 aliphatic rings. The zero-order valence-corrected chi connectivity index (χ0v) is 6.42. The number of rotatable bonds is 0. The molecular weight excluding hydrogens is 122 g/mol. The third-order valence-corrected chi connectivity index (χ3v) is 3.55. The maximum absolute atomic E-state index is 2.69. The fourth-order valence-electron chi connectivity index (χ4n) is 3.47. The largest absolute Gasteiger partial charge is 0.303 e. The van der Waals surface area contributed by atoms with Crippen LogP contribution in [0.3, 0.4) is 0 Å². The monoisotopic (exact) mass is 139 g/mol. The van der Waals surface area contributed by atoms with Crippen molar-refractivity contribution in [1.29, 1.82) is 0 Å². The number of nitrogens with zero attached hydrogens (tertiary/aromatic N) is 1. The van der Waals surface area contributed by atoms with Gasteiger partial charge in [-0.1, -0.05) is 0 Å². The van der Waals surface area contributed by atoms with Gasteiger partial charge in [0, 0.05) is 21.1 Å². The number of hydrogen-bond acceptors (Lipinski definition) is 1. The van der Waals surface area contributed by atoms with E-state index in [0.29, 0.717) is 0 Å². The molecule has 4 fully saturated rings. The second kappa shape index (κ2) is 1.76. The molecule has 0 atom stereocenters. The van der Waals surface area contributed by atoms with E-state index in [-0.39, 0.29) is 1.43 Å². The van der Waals surface area contributed by atoms with E-state index in [9.17, 15) is 0 Å². The van der Waals surface area contributed by atoms with Gasteiger partial charge in [0.2, 0.25) is 0 Å². The molecule has 1 nitrogen and oxygen atoms in total. The Kier molecular flexibility index (Phi) is 0.984. The quantitative estimate of drug-likeness (QED) is 0.492. The Morgan fingerprint density at radius 1 is 0.800 bits per heavy atom. The van der Waals surface area contributed by atoms with Crippen LogP contribution in [0.4, 0.5) is 0 Å². The van der Waals surface area contributed by atoms with Gasteiger partial charge in [0.1, 0.15) is 0 Å². The molecule has 10 heavy (non-hydrogen) atoms. The maximum Gasteiger partial charge on any atom is 0.00101 e. The minimum absolute atomic E-state index is 0. The summed E-state index contributed by atoms with van der Waals surface area (Å²) in [4.78, 5) is 2.69. The normalized spacial score (nSPS) is 57.6. The molecule has 4 bridgehead atoms. The molecule has 58 valence electrons. The highest BCUT2D eigenvalue weighted by Crippen LogP contribution is 2.42. The topological polar surface area (TPSA) is 3.24 Å². The lowest BCUT2D eigenvalue weighted by molar-refractivity contribution is -0.0169. The smallest absolute Gasteiger partial charge is 0.00101 e. The van der Waals surface area contributed by atoms with Crippen LogP contribution in [0, 0.1) is 17.8 Å². The first-order valence-electron chi connectivity index (χ1n) is 4.62. The molecule has 0 aromatic heterocycles. The summed E-state index contributed by atoms with van der Waals surface area (Å²) in [6, 6.07) is 0. The van der Waals surface area contributed by atoms with Crippen LogP contribution in [-0.2, 0) is 0 Å². The Balaban J connectivity index is 0.000000480. The van der Waals surface area contributed by atoms with E-state index in [2.05, 4.69) is 4.90 Å². The zero-order valence-electron chi connectivity index (χ0n) is 6.42. The molecule has 3 aliphatic heterocycles. The van der Waals surface area contributed by atoms with Crippen molar-refractivity contribution in [1.82, 2.24) is 4.90 Å². The summed E-state index contributed by atoms with van der Waals surface area (Å²) in [5, 5.41) is 0. The van der Waals surface area contributed by atoms with Gasteiger partial charge in [-0.05, 0) is 37.0 Å². The van der Waals surface area contributed by atoms with Crippen molar-refractivity contribution >= 4 is 0 Å². The van der Waals surface area contributed by atoms with Crippen LogP contribution in [0.2, 0.25) is 0 Å². The van der Waals surface area contributed by atoms with Crippen molar-refractivity contribution in [2.24, 2.45) is 17.8 Å². The summed E-state index contributed by atoms with van der Waals surface area (Å²) in [7, 11) is 0. The summed E-state index contributed by atoms with van der Waals surface area (Å²) >= 11 is 0. The molecular formula is C9H17N. The molecule has 0 radical (unpaired) electrons. The summed E-state index contributed by atoms with van der Waals surface area (Å²) in [5.74, 6) is 3.31. The van der Waals surface area contributed by atoms with Crippen LogP contribution >= 0.6 is 0 Å². The highest BCUT2D eigenvalue weighted by atomic mass is 15.2. The predicted octanol–water partition coefficient (Wildman–Crippen LogP) is 1.59. The third-order valence-electron chi connectivity index (χ3n) is 3.55. The number of hydrogen-bond donors (Lipinski definition) is 0. The van der Waals surface area contributed by atoms with E-state index >= 15 is 0 Å². The van der Waals surface area contributed by atoms with Crippen molar-refractivity contribution < 1.29 is 1.43 Å². The second-order valence-electron chi connectivity index (χ2n) is 4.52. The molecule has 0 N–H and O–H groups in total. The number of piperidine rings is 3. The Bertz CT molecular complexity index is 101. The van der Waals surface area contributed by atoms with Gasteiger partial charge in [0.05, 0.1) is 0 Å². The molecule has 0 aromatic rings. The molecule has 1 saturated carbocycles. The summed E-state index contributed by atoms with van der Waals surface area (Å²) in [6.07, 6.45) is 4.69. The van der Waals surface area contributed by atoms with E-state index < -0.39 is 0 Å². The van der Waals surface area contributed by atoms with Crippen molar-refractivity contribution in [3.8, 4) is 0 Å². The van der Waals surface area contributed by atoms with Crippen LogP contribution in [0.25, 0.3) is 0 Å². The molecule has 0 unspecified atom stereocenters. The summed E-state index contributed by atoms with van der Waals surface area (Å²) < 4.78 is 0. The van der Waals surface area contributed by atoms with Crippen molar-refractivity contribution in [3.05, 3.63) is 0 Å². The van der Waals surface area contributed by atoms with Crippen LogP contribution in [0.15, 0.2) is 0 Å². The van der Waals surface area contributed by atoms with Crippen LogP contribution in [0.1, 0.15) is 20.7 Å². The van der Waals surface area contributed by atoms with Crippen LogP contribution in [-0.4, -0.2) is 24.5 Å². The van der Waals surface area contributed by atoms with Gasteiger partial charge >= 0.3 is 0 Å². The van der Waals surface area contributed by atoms with E-state index in [1.165, 1.54) is 19.6 Å². The average molecular weight is 139 g/mol.